The van der Waals surface area contributed by atoms with Crippen LogP contribution in [0.3, 0.4) is 0 Å². The van der Waals surface area contributed by atoms with Gasteiger partial charge >= 0.3 is 0 Å². The molecule has 1 aromatic carbocycles. The van der Waals surface area contributed by atoms with Crippen LogP contribution >= 0.6 is 0 Å². The van der Waals surface area contributed by atoms with E-state index in [1.807, 2.05) is 6.07 Å². The highest BCUT2D eigenvalue weighted by molar-refractivity contribution is 7.78. The minimum atomic E-state index is -1.87. The van der Waals surface area contributed by atoms with Crippen molar-refractivity contribution in [3.05, 3.63) is 23.3 Å². The van der Waals surface area contributed by atoms with Crippen LogP contribution in [0.1, 0.15) is 56.1 Å². The lowest BCUT2D eigenvalue weighted by Gasteiger charge is -2.21. The molecule has 1 aromatic rings. The lowest BCUT2D eigenvalue weighted by molar-refractivity contribution is 0.173. The van der Waals surface area contributed by atoms with Gasteiger partial charge in [0.05, 0.1) is 5.75 Å². The van der Waals surface area contributed by atoms with E-state index in [0.29, 0.717) is 17.4 Å². The predicted octanol–water partition coefficient (Wildman–Crippen LogP) is 3.82. The number of rotatable bonds is 7. The Labute approximate surface area is 128 Å². The molecule has 0 spiro atoms. The summed E-state index contributed by atoms with van der Waals surface area (Å²) in [4.78, 5) is 0. The van der Waals surface area contributed by atoms with Crippen molar-refractivity contribution < 1.29 is 18.2 Å². The molecule has 5 heteroatoms. The number of hydrogen-bond acceptors (Lipinski definition) is 3. The summed E-state index contributed by atoms with van der Waals surface area (Å²) < 4.78 is 31.7. The first-order valence-corrected chi connectivity index (χ1v) is 8.95. The summed E-state index contributed by atoms with van der Waals surface area (Å²) >= 11 is -1.87. The zero-order chi connectivity index (χ0) is 14.8. The van der Waals surface area contributed by atoms with Gasteiger partial charge in [0.2, 0.25) is 6.79 Å². The highest BCUT2D eigenvalue weighted by Gasteiger charge is 2.30. The van der Waals surface area contributed by atoms with Crippen LogP contribution in [0, 0.1) is 5.92 Å². The maximum Gasteiger partial charge on any atom is 0.231 e. The number of fused-ring (bicyclic) bond motifs is 1. The van der Waals surface area contributed by atoms with E-state index in [-0.39, 0.29) is 12.5 Å². The fourth-order valence-corrected chi connectivity index (χ4v) is 3.75. The van der Waals surface area contributed by atoms with E-state index in [9.17, 15) is 8.76 Å². The molecule has 116 valence electrons. The lowest BCUT2D eigenvalue weighted by Crippen LogP contribution is -2.07. The van der Waals surface area contributed by atoms with E-state index in [0.717, 1.165) is 24.3 Å². The Balaban J connectivity index is 1.96. The van der Waals surface area contributed by atoms with Crippen molar-refractivity contribution in [2.45, 2.75) is 50.7 Å². The van der Waals surface area contributed by atoms with Crippen molar-refractivity contribution in [3.8, 4) is 11.5 Å². The molecule has 2 unspecified atom stereocenters. The van der Waals surface area contributed by atoms with E-state index >= 15 is 0 Å². The van der Waals surface area contributed by atoms with Crippen molar-refractivity contribution >= 4 is 11.1 Å². The summed E-state index contributed by atoms with van der Waals surface area (Å²) in [6.07, 6.45) is 6.06. The second-order valence-corrected chi connectivity index (χ2v) is 6.93. The van der Waals surface area contributed by atoms with Gasteiger partial charge in [0.25, 0.3) is 0 Å². The molecule has 1 saturated carbocycles. The molecule has 2 aliphatic rings. The van der Waals surface area contributed by atoms with Crippen LogP contribution in [0.5, 0.6) is 11.5 Å². The fourth-order valence-electron chi connectivity index (χ4n) is 3.20. The van der Waals surface area contributed by atoms with Gasteiger partial charge in [-0.05, 0) is 36.3 Å². The van der Waals surface area contributed by atoms with E-state index in [1.54, 1.807) is 0 Å². The summed E-state index contributed by atoms with van der Waals surface area (Å²) in [5, 5.41) is 0. The van der Waals surface area contributed by atoms with Crippen LogP contribution in [0.15, 0.2) is 12.1 Å². The standard InChI is InChI=1S/C16H22O4S/c1-2-3-12(8-11-4-5-11)13-6-7-15-16(20-10-19-15)14(13)9-21(17)18/h6-7,11-12H,2-5,8-10H2,1H3,(H,17,18). The maximum atomic E-state index is 11.4. The molecular formula is C16H22O4S. The fraction of sp³-hybridized carbons (Fsp3) is 0.625. The Hall–Kier alpha value is -1.07. The first kappa shape index (κ1) is 14.9. The van der Waals surface area contributed by atoms with Gasteiger partial charge in [-0.2, -0.15) is 0 Å². The Bertz CT molecular complexity index is 539. The van der Waals surface area contributed by atoms with E-state index in [2.05, 4.69) is 13.0 Å². The molecule has 1 aliphatic carbocycles. The summed E-state index contributed by atoms with van der Waals surface area (Å²) in [6, 6.07) is 4.01. The maximum absolute atomic E-state index is 11.4. The van der Waals surface area contributed by atoms with Crippen LogP contribution in [-0.4, -0.2) is 15.6 Å². The normalized spacial score (nSPS) is 19.5. The molecule has 1 fully saturated rings. The highest BCUT2D eigenvalue weighted by Crippen LogP contribution is 2.45. The average molecular weight is 310 g/mol. The van der Waals surface area contributed by atoms with Crippen molar-refractivity contribution in [2.75, 3.05) is 6.79 Å². The van der Waals surface area contributed by atoms with Crippen LogP contribution in [0.25, 0.3) is 0 Å². The third kappa shape index (κ3) is 3.40. The van der Waals surface area contributed by atoms with Gasteiger partial charge in [0, 0.05) is 5.56 Å². The summed E-state index contributed by atoms with van der Waals surface area (Å²) in [7, 11) is 0. The minimum Gasteiger partial charge on any atom is -0.454 e. The number of ether oxygens (including phenoxy) is 2. The first-order chi connectivity index (χ1) is 10.2. The van der Waals surface area contributed by atoms with Gasteiger partial charge in [-0.3, -0.25) is 0 Å². The summed E-state index contributed by atoms with van der Waals surface area (Å²) in [5.74, 6) is 2.77. The smallest absolute Gasteiger partial charge is 0.231 e. The highest BCUT2D eigenvalue weighted by atomic mass is 32.2. The number of hydrogen-bond donors (Lipinski definition) is 1. The average Bonchev–Trinajstić information content (AvgIpc) is 3.12. The molecule has 21 heavy (non-hydrogen) atoms. The molecular weight excluding hydrogens is 288 g/mol. The molecule has 4 nitrogen and oxygen atoms in total. The van der Waals surface area contributed by atoms with E-state index < -0.39 is 11.1 Å². The van der Waals surface area contributed by atoms with Crippen molar-refractivity contribution in [2.24, 2.45) is 5.92 Å². The molecule has 0 amide bonds. The Kier molecular flexibility index (Phi) is 4.50. The van der Waals surface area contributed by atoms with Crippen LogP contribution in [0.2, 0.25) is 0 Å². The molecule has 0 aromatic heterocycles. The van der Waals surface area contributed by atoms with E-state index in [1.165, 1.54) is 24.8 Å². The third-order valence-corrected chi connectivity index (χ3v) is 4.87. The van der Waals surface area contributed by atoms with Crippen LogP contribution in [0.4, 0.5) is 0 Å². The Morgan fingerprint density at radius 2 is 2.19 bits per heavy atom. The van der Waals surface area contributed by atoms with Crippen LogP contribution in [-0.2, 0) is 16.8 Å². The summed E-state index contributed by atoms with van der Waals surface area (Å²) in [5.41, 5.74) is 2.04. The molecule has 0 radical (unpaired) electrons. The molecule has 1 N–H and O–H groups in total. The molecule has 0 saturated heterocycles. The quantitative estimate of drug-likeness (QED) is 0.778. The van der Waals surface area contributed by atoms with Gasteiger partial charge in [-0.15, -0.1) is 0 Å². The molecule has 3 rings (SSSR count). The third-order valence-electron chi connectivity index (χ3n) is 4.34. The van der Waals surface area contributed by atoms with E-state index in [4.69, 9.17) is 9.47 Å². The van der Waals surface area contributed by atoms with Gasteiger partial charge in [-0.1, -0.05) is 32.3 Å². The second-order valence-electron chi connectivity index (χ2n) is 6.00. The first-order valence-electron chi connectivity index (χ1n) is 7.67. The van der Waals surface area contributed by atoms with Gasteiger partial charge < -0.3 is 14.0 Å². The molecule has 1 aliphatic heterocycles. The summed E-state index contributed by atoms with van der Waals surface area (Å²) in [6.45, 7) is 2.39. The van der Waals surface area contributed by atoms with Crippen molar-refractivity contribution in [3.63, 3.8) is 0 Å². The van der Waals surface area contributed by atoms with Crippen LogP contribution < -0.4 is 9.47 Å². The van der Waals surface area contributed by atoms with Crippen molar-refractivity contribution in [1.29, 1.82) is 0 Å². The molecule has 1 heterocycles. The van der Waals surface area contributed by atoms with Gasteiger partial charge in [-0.25, -0.2) is 4.21 Å². The Morgan fingerprint density at radius 1 is 1.38 bits per heavy atom. The molecule has 2 atom stereocenters. The molecule has 0 bridgehead atoms. The van der Waals surface area contributed by atoms with Gasteiger partial charge in [0.1, 0.15) is 0 Å². The predicted molar refractivity (Wildman–Crippen MR) is 82.0 cm³/mol. The Morgan fingerprint density at radius 3 is 2.86 bits per heavy atom. The minimum absolute atomic E-state index is 0.118. The SMILES string of the molecule is CCCC(CC1CC1)c1ccc2c(c1CS(=O)O)OCO2. The van der Waals surface area contributed by atoms with Crippen molar-refractivity contribution in [1.82, 2.24) is 0 Å². The zero-order valence-corrected chi connectivity index (χ0v) is 13.2. The lowest BCUT2D eigenvalue weighted by atomic mass is 9.86. The monoisotopic (exact) mass is 310 g/mol. The number of benzene rings is 1. The zero-order valence-electron chi connectivity index (χ0n) is 12.3. The second kappa shape index (κ2) is 6.36. The van der Waals surface area contributed by atoms with Gasteiger partial charge in [0.15, 0.2) is 22.6 Å². The largest absolute Gasteiger partial charge is 0.454 e. The topological polar surface area (TPSA) is 55.8 Å².